The van der Waals surface area contributed by atoms with Crippen LogP contribution in [-0.2, 0) is 9.53 Å². The number of carboxylic acid groups (broad SMARTS) is 1. The number of rotatable bonds is 4. The highest BCUT2D eigenvalue weighted by Gasteiger charge is 2.49. The number of carbonyl (C=O) groups excluding carboxylic acids is 1. The molecule has 2 heterocycles. The first-order valence-electron chi connectivity index (χ1n) is 7.49. The van der Waals surface area contributed by atoms with E-state index in [1.165, 1.54) is 4.90 Å². The Morgan fingerprint density at radius 3 is 2.85 bits per heavy atom. The number of hydrogen-bond acceptors (Lipinski definition) is 3. The minimum Gasteiger partial charge on any atom is -0.479 e. The Hall–Kier alpha value is -1.30. The van der Waals surface area contributed by atoms with Gasteiger partial charge in [-0.25, -0.2) is 9.59 Å². The molecule has 2 amide bonds. The molecule has 0 aromatic rings. The number of ether oxygens (including phenoxy) is 1. The number of aliphatic carboxylic acids is 1. The number of nitrogens with one attached hydrogen (secondary N) is 1. The summed E-state index contributed by atoms with van der Waals surface area (Å²) >= 11 is 0. The molecule has 20 heavy (non-hydrogen) atoms. The third-order valence-corrected chi connectivity index (χ3v) is 4.28. The van der Waals surface area contributed by atoms with Gasteiger partial charge in [0.05, 0.1) is 12.6 Å². The standard InChI is InChI=1S/C14H24N2O4/c1-2-6-14(12(17)18)7-4-8-16(14)13(19)15-11-5-3-9-20-10-11/h11H,2-10H2,1H3,(H,15,19)(H,17,18). The van der Waals surface area contributed by atoms with Gasteiger partial charge in [0.1, 0.15) is 5.54 Å². The Kier molecular flexibility index (Phi) is 4.86. The quantitative estimate of drug-likeness (QED) is 0.821. The van der Waals surface area contributed by atoms with Crippen LogP contribution in [-0.4, -0.2) is 53.3 Å². The van der Waals surface area contributed by atoms with Gasteiger partial charge in [-0.1, -0.05) is 13.3 Å². The highest BCUT2D eigenvalue weighted by atomic mass is 16.5. The lowest BCUT2D eigenvalue weighted by Gasteiger charge is -2.36. The molecule has 2 saturated heterocycles. The number of carboxylic acids is 1. The topological polar surface area (TPSA) is 78.9 Å². The molecular formula is C14H24N2O4. The molecule has 6 nitrogen and oxygen atoms in total. The normalized spacial score (nSPS) is 30.2. The minimum absolute atomic E-state index is 0.00460. The van der Waals surface area contributed by atoms with Crippen LogP contribution in [0.2, 0.25) is 0 Å². The second-order valence-corrected chi connectivity index (χ2v) is 5.71. The predicted octanol–water partition coefficient (Wildman–Crippen LogP) is 1.59. The molecule has 2 aliphatic rings. The van der Waals surface area contributed by atoms with E-state index in [0.29, 0.717) is 26.0 Å². The molecule has 0 bridgehead atoms. The Bertz CT molecular complexity index is 368. The number of likely N-dealkylation sites (tertiary alicyclic amines) is 1. The monoisotopic (exact) mass is 284 g/mol. The van der Waals surface area contributed by atoms with E-state index in [0.717, 1.165) is 32.3 Å². The van der Waals surface area contributed by atoms with Crippen molar-refractivity contribution in [1.29, 1.82) is 0 Å². The number of hydrogen-bond donors (Lipinski definition) is 2. The first-order valence-corrected chi connectivity index (χ1v) is 7.49. The van der Waals surface area contributed by atoms with Crippen LogP contribution in [0.15, 0.2) is 0 Å². The zero-order chi connectivity index (χ0) is 14.6. The third kappa shape index (κ3) is 2.90. The van der Waals surface area contributed by atoms with E-state index in [1.54, 1.807) is 0 Å². The summed E-state index contributed by atoms with van der Waals surface area (Å²) in [6.45, 7) is 3.73. The van der Waals surface area contributed by atoms with Gasteiger partial charge in [-0.05, 0) is 32.1 Å². The minimum atomic E-state index is -1.02. The van der Waals surface area contributed by atoms with Crippen LogP contribution in [0.3, 0.4) is 0 Å². The van der Waals surface area contributed by atoms with Gasteiger partial charge in [0.15, 0.2) is 0 Å². The summed E-state index contributed by atoms with van der Waals surface area (Å²) in [5.74, 6) is -0.883. The van der Waals surface area contributed by atoms with Crippen molar-refractivity contribution < 1.29 is 19.4 Å². The molecule has 0 aromatic heterocycles. The van der Waals surface area contributed by atoms with Crippen molar-refractivity contribution >= 4 is 12.0 Å². The SMILES string of the molecule is CCCC1(C(=O)O)CCCN1C(=O)NC1CCCOC1. The van der Waals surface area contributed by atoms with Crippen molar-refractivity contribution in [2.75, 3.05) is 19.8 Å². The molecule has 0 aromatic carbocycles. The first-order chi connectivity index (χ1) is 9.60. The maximum absolute atomic E-state index is 12.4. The molecule has 2 unspecified atom stereocenters. The molecule has 2 aliphatic heterocycles. The highest BCUT2D eigenvalue weighted by Crippen LogP contribution is 2.34. The lowest BCUT2D eigenvalue weighted by Crippen LogP contribution is -2.58. The zero-order valence-corrected chi connectivity index (χ0v) is 12.1. The summed E-state index contributed by atoms with van der Waals surface area (Å²) in [6, 6.07) is -0.251. The Morgan fingerprint density at radius 1 is 1.45 bits per heavy atom. The second kappa shape index (κ2) is 6.43. The van der Waals surface area contributed by atoms with Crippen molar-refractivity contribution in [2.24, 2.45) is 0 Å². The molecule has 2 fully saturated rings. The molecule has 2 atom stereocenters. The van der Waals surface area contributed by atoms with Gasteiger partial charge in [0, 0.05) is 13.2 Å². The number of urea groups is 1. The van der Waals surface area contributed by atoms with E-state index in [4.69, 9.17) is 4.74 Å². The van der Waals surface area contributed by atoms with Crippen LogP contribution in [0.4, 0.5) is 4.79 Å². The maximum Gasteiger partial charge on any atom is 0.329 e. The Morgan fingerprint density at radius 2 is 2.25 bits per heavy atom. The van der Waals surface area contributed by atoms with Crippen molar-refractivity contribution in [3.05, 3.63) is 0 Å². The second-order valence-electron chi connectivity index (χ2n) is 5.71. The third-order valence-electron chi connectivity index (χ3n) is 4.28. The largest absolute Gasteiger partial charge is 0.479 e. The highest BCUT2D eigenvalue weighted by molar-refractivity contribution is 5.87. The van der Waals surface area contributed by atoms with Crippen LogP contribution in [0.1, 0.15) is 45.4 Å². The zero-order valence-electron chi connectivity index (χ0n) is 12.1. The van der Waals surface area contributed by atoms with E-state index >= 15 is 0 Å². The lowest BCUT2D eigenvalue weighted by atomic mass is 9.91. The van der Waals surface area contributed by atoms with Crippen LogP contribution in [0, 0.1) is 0 Å². The van der Waals surface area contributed by atoms with Gasteiger partial charge < -0.3 is 20.1 Å². The van der Waals surface area contributed by atoms with E-state index in [2.05, 4.69) is 5.32 Å². The van der Waals surface area contributed by atoms with E-state index in [-0.39, 0.29) is 12.1 Å². The number of amides is 2. The van der Waals surface area contributed by atoms with Crippen LogP contribution >= 0.6 is 0 Å². The molecule has 114 valence electrons. The first kappa shape index (κ1) is 15.1. The molecule has 2 rings (SSSR count). The van der Waals surface area contributed by atoms with Gasteiger partial charge in [-0.3, -0.25) is 0 Å². The average Bonchev–Trinajstić information content (AvgIpc) is 2.85. The van der Waals surface area contributed by atoms with E-state index in [9.17, 15) is 14.7 Å². The molecule has 0 saturated carbocycles. The van der Waals surface area contributed by atoms with Gasteiger partial charge in [0.25, 0.3) is 0 Å². The summed E-state index contributed by atoms with van der Waals surface area (Å²) in [7, 11) is 0. The van der Waals surface area contributed by atoms with Crippen molar-refractivity contribution in [3.63, 3.8) is 0 Å². The fourth-order valence-corrected chi connectivity index (χ4v) is 3.28. The van der Waals surface area contributed by atoms with Crippen molar-refractivity contribution in [1.82, 2.24) is 10.2 Å². The number of nitrogens with zero attached hydrogens (tertiary/aromatic N) is 1. The Balaban J connectivity index is 2.04. The summed E-state index contributed by atoms with van der Waals surface area (Å²) in [4.78, 5) is 25.6. The molecule has 2 N–H and O–H groups in total. The predicted molar refractivity (Wildman–Crippen MR) is 73.6 cm³/mol. The Labute approximate surface area is 119 Å². The molecule has 0 aliphatic carbocycles. The summed E-state index contributed by atoms with van der Waals surface area (Å²) in [6.07, 6.45) is 4.39. The van der Waals surface area contributed by atoms with Crippen molar-refractivity contribution in [3.8, 4) is 0 Å². The van der Waals surface area contributed by atoms with Gasteiger partial charge in [-0.15, -0.1) is 0 Å². The van der Waals surface area contributed by atoms with E-state index in [1.807, 2.05) is 6.92 Å². The van der Waals surface area contributed by atoms with E-state index < -0.39 is 11.5 Å². The molecular weight excluding hydrogens is 260 g/mol. The van der Waals surface area contributed by atoms with Crippen LogP contribution < -0.4 is 5.32 Å². The number of carbonyl (C=O) groups is 2. The van der Waals surface area contributed by atoms with Crippen LogP contribution in [0.5, 0.6) is 0 Å². The summed E-state index contributed by atoms with van der Waals surface area (Å²) in [5.41, 5.74) is -1.02. The molecule has 6 heteroatoms. The fraction of sp³-hybridized carbons (Fsp3) is 0.857. The fourth-order valence-electron chi connectivity index (χ4n) is 3.28. The summed E-state index contributed by atoms with van der Waals surface area (Å²) < 4.78 is 5.34. The van der Waals surface area contributed by atoms with Crippen LogP contribution in [0.25, 0.3) is 0 Å². The van der Waals surface area contributed by atoms with Crippen molar-refractivity contribution in [2.45, 2.75) is 57.0 Å². The lowest BCUT2D eigenvalue weighted by molar-refractivity contribution is -0.148. The smallest absolute Gasteiger partial charge is 0.329 e. The molecule has 0 spiro atoms. The van der Waals surface area contributed by atoms with Gasteiger partial charge in [0.2, 0.25) is 0 Å². The maximum atomic E-state index is 12.4. The summed E-state index contributed by atoms with van der Waals surface area (Å²) in [5, 5.41) is 12.5. The van der Waals surface area contributed by atoms with Gasteiger partial charge >= 0.3 is 12.0 Å². The molecule has 0 radical (unpaired) electrons. The van der Waals surface area contributed by atoms with Gasteiger partial charge in [-0.2, -0.15) is 0 Å². The average molecular weight is 284 g/mol.